The summed E-state index contributed by atoms with van der Waals surface area (Å²) in [5, 5.41) is 22.6. The minimum Gasteiger partial charge on any atom is -0.442 e. The Kier molecular flexibility index (Phi) is 17.0. The first-order valence-electron chi connectivity index (χ1n) is 14.6. The monoisotopic (exact) mass is 733 g/mol. The summed E-state index contributed by atoms with van der Waals surface area (Å²) in [5.41, 5.74) is -2.07. The van der Waals surface area contributed by atoms with Gasteiger partial charge in [0.2, 0.25) is 13.6 Å². The zero-order valence-electron chi connectivity index (χ0n) is 28.4. The van der Waals surface area contributed by atoms with E-state index in [0.717, 1.165) is 26.3 Å². The molecule has 282 valence electrons. The molecular weight excluding hydrogens is 688 g/mol. The van der Waals surface area contributed by atoms with Crippen molar-refractivity contribution in [2.45, 2.75) is 90.9 Å². The predicted molar refractivity (Wildman–Crippen MR) is 162 cm³/mol. The first-order chi connectivity index (χ1) is 22.7. The Labute approximate surface area is 280 Å². The standard InChI is InChI=1S/C27H45FN3O17P/c1-16(2)20(29)21(33)41-13-30-19(32)9-10-31(23(30)35)26(7,38)22(34)27(11-28,40-8)12-44-49(39,45-14-42-24(36)47-17(3)4)46-15-43-25(37)48-18(5)6/h9-10,16-18,20,22,34,38H,11-15,29H2,1-8H3/t20?,22-,26+,27+/m0/s1. The number of aliphatic hydroxyl groups is 2. The second-order valence-electron chi connectivity index (χ2n) is 11.3. The summed E-state index contributed by atoms with van der Waals surface area (Å²) in [6.45, 7) is 4.02. The lowest BCUT2D eigenvalue weighted by molar-refractivity contribution is -0.228. The van der Waals surface area contributed by atoms with Crippen molar-refractivity contribution in [3.63, 3.8) is 0 Å². The summed E-state index contributed by atoms with van der Waals surface area (Å²) in [6, 6.07) is -0.299. The normalized spacial score (nSPS) is 15.7. The third-order valence-electron chi connectivity index (χ3n) is 6.44. The topological polar surface area (TPSA) is 262 Å². The Hall–Kier alpha value is -3.43. The number of phosphoric acid groups is 1. The number of halogens is 1. The molecule has 1 heterocycles. The van der Waals surface area contributed by atoms with Gasteiger partial charge in [-0.2, -0.15) is 0 Å². The Morgan fingerprint density at radius 2 is 1.47 bits per heavy atom. The number of nitrogens with two attached hydrogens (primary N) is 1. The molecule has 0 amide bonds. The Morgan fingerprint density at radius 3 is 1.90 bits per heavy atom. The third-order valence-corrected chi connectivity index (χ3v) is 7.73. The fourth-order valence-corrected chi connectivity index (χ4v) is 4.52. The van der Waals surface area contributed by atoms with Crippen LogP contribution in [0.1, 0.15) is 48.5 Å². The molecule has 0 saturated carbocycles. The van der Waals surface area contributed by atoms with Crippen LogP contribution in [0.3, 0.4) is 0 Å². The number of alkyl halides is 1. The SMILES string of the molecule is CO[C@](CF)(COP(=O)(OCOC(=O)OC(C)C)OCOC(=O)OC(C)C)[C@@H](O)[C@@](C)(O)n1ccc(=O)n(COC(=O)C(N)C(C)C)c1=O. The molecule has 1 unspecified atom stereocenters. The number of aliphatic hydroxyl groups excluding tert-OH is 1. The van der Waals surface area contributed by atoms with Crippen LogP contribution in [-0.2, 0) is 63.8 Å². The van der Waals surface area contributed by atoms with Crippen LogP contribution in [0.2, 0.25) is 0 Å². The van der Waals surface area contributed by atoms with Gasteiger partial charge in [0, 0.05) is 19.4 Å². The first-order valence-corrected chi connectivity index (χ1v) is 16.1. The molecule has 1 rings (SSSR count). The van der Waals surface area contributed by atoms with Crippen LogP contribution in [-0.4, -0.2) is 102 Å². The lowest BCUT2D eigenvalue weighted by Crippen LogP contribution is -2.63. The smallest absolute Gasteiger partial charge is 0.442 e. The highest BCUT2D eigenvalue weighted by atomic mass is 31.2. The summed E-state index contributed by atoms with van der Waals surface area (Å²) in [6.07, 6.45) is -5.40. The molecule has 0 spiro atoms. The van der Waals surface area contributed by atoms with E-state index in [0.29, 0.717) is 9.13 Å². The number of esters is 1. The van der Waals surface area contributed by atoms with Crippen LogP contribution in [0, 0.1) is 5.92 Å². The van der Waals surface area contributed by atoms with E-state index in [-0.39, 0.29) is 5.92 Å². The number of nitrogens with zero attached hydrogens (tertiary/aromatic N) is 2. The van der Waals surface area contributed by atoms with E-state index in [2.05, 4.69) is 9.47 Å². The Balaban J connectivity index is 3.34. The van der Waals surface area contributed by atoms with Crippen LogP contribution < -0.4 is 17.0 Å². The zero-order chi connectivity index (χ0) is 37.7. The van der Waals surface area contributed by atoms with Crippen molar-refractivity contribution in [1.29, 1.82) is 0 Å². The van der Waals surface area contributed by atoms with E-state index < -0.39 is 107 Å². The maximum absolute atomic E-state index is 14.7. The molecule has 1 aromatic rings. The van der Waals surface area contributed by atoms with Gasteiger partial charge in [-0.15, -0.1) is 0 Å². The number of phosphoric ester groups is 1. The molecule has 1 aromatic heterocycles. The number of ether oxygens (including phenoxy) is 6. The van der Waals surface area contributed by atoms with Gasteiger partial charge in [0.1, 0.15) is 18.8 Å². The van der Waals surface area contributed by atoms with Crippen LogP contribution in [0.25, 0.3) is 0 Å². The summed E-state index contributed by atoms with van der Waals surface area (Å²) in [5.74, 6) is -1.28. The molecule has 0 fully saturated rings. The van der Waals surface area contributed by atoms with E-state index in [9.17, 15) is 43.1 Å². The molecule has 0 radical (unpaired) electrons. The maximum atomic E-state index is 14.7. The fraction of sp³-hybridized carbons (Fsp3) is 0.741. The molecular formula is C27H45FN3O17P. The van der Waals surface area contributed by atoms with Crippen molar-refractivity contribution in [2.75, 3.05) is 34.0 Å². The minimum absolute atomic E-state index is 0.341. The number of hydrogen-bond acceptors (Lipinski definition) is 18. The molecule has 0 aliphatic heterocycles. The third kappa shape index (κ3) is 12.8. The Bertz CT molecular complexity index is 1380. The predicted octanol–water partition coefficient (Wildman–Crippen LogP) is 1.07. The van der Waals surface area contributed by atoms with Gasteiger partial charge >= 0.3 is 31.8 Å². The van der Waals surface area contributed by atoms with Gasteiger partial charge in [-0.1, -0.05) is 13.8 Å². The summed E-state index contributed by atoms with van der Waals surface area (Å²) in [4.78, 5) is 61.2. The second kappa shape index (κ2) is 19.1. The molecule has 20 nitrogen and oxygen atoms in total. The van der Waals surface area contributed by atoms with Gasteiger partial charge in [-0.3, -0.25) is 18.7 Å². The molecule has 49 heavy (non-hydrogen) atoms. The highest BCUT2D eigenvalue weighted by Gasteiger charge is 2.52. The van der Waals surface area contributed by atoms with Gasteiger partial charge in [0.05, 0.1) is 18.8 Å². The summed E-state index contributed by atoms with van der Waals surface area (Å²) in [7, 11) is -4.16. The number of rotatable bonds is 20. The molecule has 0 saturated heterocycles. The van der Waals surface area contributed by atoms with Crippen molar-refractivity contribution in [2.24, 2.45) is 11.7 Å². The maximum Gasteiger partial charge on any atom is 0.510 e. The number of carbonyl (C=O) groups is 3. The fourth-order valence-electron chi connectivity index (χ4n) is 3.55. The quantitative estimate of drug-likeness (QED) is 0.0732. The largest absolute Gasteiger partial charge is 0.510 e. The molecule has 4 N–H and O–H groups in total. The van der Waals surface area contributed by atoms with Crippen LogP contribution in [0.4, 0.5) is 14.0 Å². The molecule has 22 heteroatoms. The Morgan fingerprint density at radius 1 is 0.959 bits per heavy atom. The van der Waals surface area contributed by atoms with E-state index in [1.807, 2.05) is 0 Å². The van der Waals surface area contributed by atoms with E-state index in [4.69, 9.17) is 38.3 Å². The van der Waals surface area contributed by atoms with Gasteiger partial charge in [-0.25, -0.2) is 37.0 Å². The van der Waals surface area contributed by atoms with Crippen molar-refractivity contribution < 1.29 is 75.5 Å². The van der Waals surface area contributed by atoms with Crippen LogP contribution >= 0.6 is 7.82 Å². The molecule has 0 aromatic carbocycles. The summed E-state index contributed by atoms with van der Waals surface area (Å²) >= 11 is 0. The number of hydrogen-bond donors (Lipinski definition) is 3. The van der Waals surface area contributed by atoms with Crippen LogP contribution in [0.15, 0.2) is 21.9 Å². The zero-order valence-corrected chi connectivity index (χ0v) is 29.3. The molecule has 0 aliphatic rings. The van der Waals surface area contributed by atoms with Crippen LogP contribution in [0.5, 0.6) is 0 Å². The second-order valence-corrected chi connectivity index (χ2v) is 13.0. The highest BCUT2D eigenvalue weighted by molar-refractivity contribution is 7.48. The van der Waals surface area contributed by atoms with Crippen molar-refractivity contribution >= 4 is 26.1 Å². The van der Waals surface area contributed by atoms with E-state index in [1.54, 1.807) is 13.8 Å². The number of carbonyl (C=O) groups excluding carboxylic acids is 3. The first kappa shape index (κ1) is 43.6. The van der Waals surface area contributed by atoms with Gasteiger partial charge < -0.3 is 44.4 Å². The van der Waals surface area contributed by atoms with Gasteiger partial charge in [-0.05, 0) is 40.5 Å². The van der Waals surface area contributed by atoms with Gasteiger partial charge in [0.25, 0.3) is 5.56 Å². The van der Waals surface area contributed by atoms with E-state index >= 15 is 0 Å². The van der Waals surface area contributed by atoms with Crippen molar-refractivity contribution in [1.82, 2.24) is 9.13 Å². The summed E-state index contributed by atoms with van der Waals surface area (Å²) < 4.78 is 72.6. The molecule has 0 bridgehead atoms. The van der Waals surface area contributed by atoms with Gasteiger partial charge in [0.15, 0.2) is 18.1 Å². The minimum atomic E-state index is -5.02. The van der Waals surface area contributed by atoms with Crippen molar-refractivity contribution in [3.8, 4) is 0 Å². The molecule has 4 atom stereocenters. The van der Waals surface area contributed by atoms with Crippen molar-refractivity contribution in [3.05, 3.63) is 33.1 Å². The number of aromatic nitrogens is 2. The molecule has 0 aliphatic carbocycles. The average molecular weight is 734 g/mol. The average Bonchev–Trinajstić information content (AvgIpc) is 3.00. The lowest BCUT2D eigenvalue weighted by atomic mass is 9.90. The lowest BCUT2D eigenvalue weighted by Gasteiger charge is -2.42. The van der Waals surface area contributed by atoms with E-state index in [1.165, 1.54) is 27.7 Å². The highest BCUT2D eigenvalue weighted by Crippen LogP contribution is 2.50. The number of methoxy groups -OCH3 is 1.